The summed E-state index contributed by atoms with van der Waals surface area (Å²) in [5.74, 6) is -0.878. The molecule has 0 aliphatic carbocycles. The zero-order valence-corrected chi connectivity index (χ0v) is 48.7. The number of hydrogen-bond donors (Lipinski definition) is 0. The van der Waals surface area contributed by atoms with Crippen LogP contribution in [0.25, 0.3) is 0 Å². The van der Waals surface area contributed by atoms with E-state index in [-0.39, 0.29) is 31.1 Å². The molecule has 0 amide bonds. The third kappa shape index (κ3) is 59.9. The maximum Gasteiger partial charge on any atom is 0.306 e. The highest BCUT2D eigenvalue weighted by Gasteiger charge is 2.19. The van der Waals surface area contributed by atoms with Crippen LogP contribution in [0.15, 0.2) is 60.8 Å². The SMILES string of the molecule is CC/C=C\C/C=C\C/C=C\CCCCCCCC(=O)OC(COC(=O)CCCCCCCCCCCCCCC/C=C\C/C=C\CCCCCCC)COC(=O)CCCCCCCCCCCCCCCCC. The normalized spacial score (nSPS) is 12.4. The Hall–Kier alpha value is -2.89. The van der Waals surface area contributed by atoms with Crippen molar-refractivity contribution in [1.29, 1.82) is 0 Å². The summed E-state index contributed by atoms with van der Waals surface area (Å²) < 4.78 is 16.9. The van der Waals surface area contributed by atoms with Crippen LogP contribution in [0.5, 0.6) is 0 Å². The first-order valence-electron chi connectivity index (χ1n) is 31.8. The smallest absolute Gasteiger partial charge is 0.306 e. The van der Waals surface area contributed by atoms with Crippen molar-refractivity contribution >= 4 is 17.9 Å². The van der Waals surface area contributed by atoms with E-state index in [9.17, 15) is 14.4 Å². The molecule has 0 rings (SSSR count). The van der Waals surface area contributed by atoms with Crippen molar-refractivity contribution in [1.82, 2.24) is 0 Å². The van der Waals surface area contributed by atoms with Crippen molar-refractivity contribution in [3.05, 3.63) is 60.8 Å². The van der Waals surface area contributed by atoms with Gasteiger partial charge in [0.25, 0.3) is 0 Å². The molecular formula is C67H120O6. The lowest BCUT2D eigenvalue weighted by atomic mass is 10.0. The molecule has 0 aromatic heterocycles. The molecule has 0 aromatic carbocycles. The van der Waals surface area contributed by atoms with E-state index in [0.29, 0.717) is 19.3 Å². The van der Waals surface area contributed by atoms with Gasteiger partial charge in [0.15, 0.2) is 6.10 Å². The van der Waals surface area contributed by atoms with Crippen LogP contribution in [-0.4, -0.2) is 37.2 Å². The van der Waals surface area contributed by atoms with Gasteiger partial charge in [-0.3, -0.25) is 14.4 Å². The second kappa shape index (κ2) is 61.7. The maximum atomic E-state index is 12.9. The highest BCUT2D eigenvalue weighted by atomic mass is 16.6. The lowest BCUT2D eigenvalue weighted by Gasteiger charge is -2.18. The van der Waals surface area contributed by atoms with E-state index in [4.69, 9.17) is 14.2 Å². The molecule has 0 fully saturated rings. The fourth-order valence-electron chi connectivity index (χ4n) is 9.25. The number of unbranched alkanes of at least 4 members (excludes halogenated alkanes) is 37. The fraction of sp³-hybridized carbons (Fsp3) is 0.806. The monoisotopic (exact) mass is 1020 g/mol. The van der Waals surface area contributed by atoms with E-state index in [1.807, 2.05) is 0 Å². The third-order valence-corrected chi connectivity index (χ3v) is 14.0. The van der Waals surface area contributed by atoms with Gasteiger partial charge in [0.2, 0.25) is 0 Å². The van der Waals surface area contributed by atoms with Crippen LogP contribution in [0.2, 0.25) is 0 Å². The molecule has 0 N–H and O–H groups in total. The Bertz CT molecular complexity index is 1310. The standard InChI is InChI=1S/C67H120O6/c1-4-7-10-13-16-19-22-25-28-29-30-31-32-33-34-35-36-37-40-42-45-48-51-54-57-60-66(69)72-63-64(73-67(70)61-58-55-52-49-46-43-39-27-24-21-18-15-12-9-6-3)62-71-65(68)59-56-53-50-47-44-41-38-26-23-20-17-14-11-8-5-2/h9,12,18,21-22,25,27,29-30,39,64H,4-8,10-11,13-17,19-20,23-24,26,28,31-38,40-63H2,1-3H3/b12-9-,21-18-,25-22-,30-29-,39-27-. The number of rotatable bonds is 58. The van der Waals surface area contributed by atoms with Crippen molar-refractivity contribution in [3.63, 3.8) is 0 Å². The molecule has 73 heavy (non-hydrogen) atoms. The minimum atomic E-state index is -0.782. The highest BCUT2D eigenvalue weighted by Crippen LogP contribution is 2.17. The molecule has 1 atom stereocenters. The van der Waals surface area contributed by atoms with Gasteiger partial charge in [-0.2, -0.15) is 0 Å². The highest BCUT2D eigenvalue weighted by molar-refractivity contribution is 5.71. The lowest BCUT2D eigenvalue weighted by Crippen LogP contribution is -2.30. The molecule has 0 saturated heterocycles. The van der Waals surface area contributed by atoms with Gasteiger partial charge in [0.05, 0.1) is 0 Å². The summed E-state index contributed by atoms with van der Waals surface area (Å²) in [5.41, 5.74) is 0. The minimum Gasteiger partial charge on any atom is -0.462 e. The number of carbonyl (C=O) groups excluding carboxylic acids is 3. The van der Waals surface area contributed by atoms with Gasteiger partial charge in [0, 0.05) is 19.3 Å². The Balaban J connectivity index is 4.28. The van der Waals surface area contributed by atoms with Gasteiger partial charge >= 0.3 is 17.9 Å². The van der Waals surface area contributed by atoms with E-state index >= 15 is 0 Å². The molecule has 424 valence electrons. The lowest BCUT2D eigenvalue weighted by molar-refractivity contribution is -0.167. The van der Waals surface area contributed by atoms with E-state index in [1.165, 1.54) is 186 Å². The summed E-state index contributed by atoms with van der Waals surface area (Å²) in [7, 11) is 0. The average Bonchev–Trinajstić information content (AvgIpc) is 3.39. The van der Waals surface area contributed by atoms with Crippen LogP contribution in [0.4, 0.5) is 0 Å². The van der Waals surface area contributed by atoms with Gasteiger partial charge in [-0.15, -0.1) is 0 Å². The number of hydrogen-bond acceptors (Lipinski definition) is 6. The molecule has 0 heterocycles. The zero-order valence-electron chi connectivity index (χ0n) is 48.7. The van der Waals surface area contributed by atoms with E-state index in [2.05, 4.69) is 81.5 Å². The molecule has 6 heteroatoms. The summed E-state index contributed by atoms with van der Waals surface area (Å²) in [5, 5.41) is 0. The van der Waals surface area contributed by atoms with Gasteiger partial charge in [-0.05, 0) is 83.5 Å². The second-order valence-corrected chi connectivity index (χ2v) is 21.3. The number of carbonyl (C=O) groups is 3. The average molecular weight is 1020 g/mol. The zero-order chi connectivity index (χ0) is 52.9. The van der Waals surface area contributed by atoms with Gasteiger partial charge in [0.1, 0.15) is 13.2 Å². The summed E-state index contributed by atoms with van der Waals surface area (Å²) in [6.45, 7) is 6.55. The van der Waals surface area contributed by atoms with Crippen molar-refractivity contribution in [2.24, 2.45) is 0 Å². The van der Waals surface area contributed by atoms with Crippen LogP contribution >= 0.6 is 0 Å². The molecule has 0 bridgehead atoms. The molecular weight excluding hydrogens is 901 g/mol. The molecule has 0 saturated carbocycles. The topological polar surface area (TPSA) is 78.9 Å². The van der Waals surface area contributed by atoms with Crippen LogP contribution < -0.4 is 0 Å². The minimum absolute atomic E-state index is 0.0779. The Kier molecular flexibility index (Phi) is 59.2. The molecule has 0 radical (unpaired) electrons. The third-order valence-electron chi connectivity index (χ3n) is 14.0. The predicted octanol–water partition coefficient (Wildman–Crippen LogP) is 21.6. The van der Waals surface area contributed by atoms with Crippen LogP contribution in [-0.2, 0) is 28.6 Å². The molecule has 0 spiro atoms. The van der Waals surface area contributed by atoms with Crippen LogP contribution in [0.3, 0.4) is 0 Å². The Morgan fingerprint density at radius 3 is 0.836 bits per heavy atom. The first-order valence-corrected chi connectivity index (χ1v) is 31.8. The Labute approximate surface area is 453 Å². The summed E-state index contributed by atoms with van der Waals surface area (Å²) in [6, 6.07) is 0. The Morgan fingerprint density at radius 1 is 0.288 bits per heavy atom. The van der Waals surface area contributed by atoms with Crippen molar-refractivity contribution in [3.8, 4) is 0 Å². The van der Waals surface area contributed by atoms with Gasteiger partial charge < -0.3 is 14.2 Å². The Morgan fingerprint density at radius 2 is 0.534 bits per heavy atom. The number of ether oxygens (including phenoxy) is 3. The van der Waals surface area contributed by atoms with Gasteiger partial charge in [-0.1, -0.05) is 287 Å². The van der Waals surface area contributed by atoms with E-state index < -0.39 is 6.10 Å². The molecule has 0 aliphatic heterocycles. The first kappa shape index (κ1) is 70.1. The van der Waals surface area contributed by atoms with E-state index in [1.54, 1.807) is 0 Å². The summed E-state index contributed by atoms with van der Waals surface area (Å²) in [4.78, 5) is 38.3. The number of esters is 3. The molecule has 6 nitrogen and oxygen atoms in total. The first-order chi connectivity index (χ1) is 36.0. The van der Waals surface area contributed by atoms with Crippen molar-refractivity contribution in [2.45, 2.75) is 335 Å². The quantitative estimate of drug-likeness (QED) is 0.0261. The van der Waals surface area contributed by atoms with Crippen molar-refractivity contribution < 1.29 is 28.6 Å². The summed E-state index contributed by atoms with van der Waals surface area (Å²) in [6.07, 6.45) is 78.0. The van der Waals surface area contributed by atoms with Crippen LogP contribution in [0, 0.1) is 0 Å². The van der Waals surface area contributed by atoms with Crippen LogP contribution in [0.1, 0.15) is 329 Å². The predicted molar refractivity (Wildman–Crippen MR) is 316 cm³/mol. The largest absolute Gasteiger partial charge is 0.462 e. The fourth-order valence-corrected chi connectivity index (χ4v) is 9.25. The molecule has 0 aromatic rings. The van der Waals surface area contributed by atoms with E-state index in [0.717, 1.165) is 103 Å². The van der Waals surface area contributed by atoms with Gasteiger partial charge in [-0.25, -0.2) is 0 Å². The van der Waals surface area contributed by atoms with Crippen molar-refractivity contribution in [2.75, 3.05) is 13.2 Å². The second-order valence-electron chi connectivity index (χ2n) is 21.3. The molecule has 1 unspecified atom stereocenters. The number of allylic oxidation sites excluding steroid dienone is 10. The molecule has 0 aliphatic rings. The maximum absolute atomic E-state index is 12.9. The summed E-state index contributed by atoms with van der Waals surface area (Å²) >= 11 is 0.